The molecule has 0 unspecified atom stereocenters. The zero-order chi connectivity index (χ0) is 46.4. The van der Waals surface area contributed by atoms with E-state index in [-0.39, 0.29) is 30.0 Å². The smallest absolute Gasteiger partial charge is 0.321 e. The number of esters is 2. The van der Waals surface area contributed by atoms with Crippen LogP contribution in [0, 0.1) is 62.2 Å². The van der Waals surface area contributed by atoms with Crippen molar-refractivity contribution < 1.29 is 23.9 Å². The van der Waals surface area contributed by atoms with Gasteiger partial charge in [-0.25, -0.2) is 0 Å². The number of hydrogen-bond donors (Lipinski definition) is 4. The lowest BCUT2D eigenvalue weighted by Crippen LogP contribution is -2.25. The number of nitrogens with one attached hydrogen (secondary N) is 4. The third-order valence-corrected chi connectivity index (χ3v) is 14.9. The number of aromatic amines is 3. The highest BCUT2D eigenvalue weighted by atomic mass is 16.5. The second-order valence-corrected chi connectivity index (χ2v) is 20.1. The number of carbonyl (C=O) groups excluding carboxylic acids is 3. The summed E-state index contributed by atoms with van der Waals surface area (Å²) in [5.74, 6) is 0.342. The largest absolute Gasteiger partial charge is 0.468 e. The first-order valence-corrected chi connectivity index (χ1v) is 24.6. The summed E-state index contributed by atoms with van der Waals surface area (Å²) in [4.78, 5) is 52.5. The molecule has 2 aliphatic heterocycles. The Balaban J connectivity index is 1.19. The number of methoxy groups -OCH3 is 1. The molecule has 3 aromatic rings. The monoisotopic (exact) mass is 875 g/mol. The third-order valence-electron chi connectivity index (χ3n) is 14.9. The summed E-state index contributed by atoms with van der Waals surface area (Å²) >= 11 is 0. The van der Waals surface area contributed by atoms with Crippen LogP contribution >= 0.6 is 0 Å². The zero-order valence-electron chi connectivity index (χ0n) is 41.0. The number of allylic oxidation sites excluding steroid dienone is 2. The van der Waals surface area contributed by atoms with Crippen molar-refractivity contribution in [3.8, 4) is 0 Å². The number of Topliss-reactive ketones (excluding diaryl/α,β-unsaturated/α-hetero) is 1. The maximum atomic E-state index is 14.4. The Hall–Kier alpha value is -4.79. The van der Waals surface area contributed by atoms with Gasteiger partial charge in [0.1, 0.15) is 5.92 Å². The highest BCUT2D eigenvalue weighted by Gasteiger charge is 2.48. The number of rotatable bonds is 21. The van der Waals surface area contributed by atoms with E-state index in [0.717, 1.165) is 98.4 Å². The van der Waals surface area contributed by atoms with E-state index < -0.39 is 11.9 Å². The highest BCUT2D eigenvalue weighted by molar-refractivity contribution is 6.24. The summed E-state index contributed by atoms with van der Waals surface area (Å²) in [5.41, 5.74) is 11.3. The van der Waals surface area contributed by atoms with Gasteiger partial charge in [0.2, 0.25) is 0 Å². The second-order valence-electron chi connectivity index (χ2n) is 20.1. The lowest BCUT2D eigenvalue weighted by molar-refractivity contribution is -0.144. The zero-order valence-corrected chi connectivity index (χ0v) is 41.0. The average Bonchev–Trinajstić information content (AvgIpc) is 3.99. The van der Waals surface area contributed by atoms with E-state index in [9.17, 15) is 14.4 Å². The van der Waals surface area contributed by atoms with Crippen molar-refractivity contribution in [2.45, 2.75) is 153 Å². The Labute approximate surface area is 383 Å². The summed E-state index contributed by atoms with van der Waals surface area (Å²) in [5, 5.41) is 5.68. The van der Waals surface area contributed by atoms with E-state index in [1.165, 1.54) is 64.0 Å². The lowest BCUT2D eigenvalue weighted by atomic mass is 9.85. The Bertz CT molecular complexity index is 2380. The summed E-state index contributed by atoms with van der Waals surface area (Å²) in [6, 6.07) is 0. The van der Waals surface area contributed by atoms with Crippen molar-refractivity contribution in [1.29, 1.82) is 0 Å². The Morgan fingerprint density at radius 2 is 1.39 bits per heavy atom. The fourth-order valence-electron chi connectivity index (χ4n) is 10.7. The van der Waals surface area contributed by atoms with Crippen LogP contribution in [0.1, 0.15) is 186 Å². The first-order valence-electron chi connectivity index (χ1n) is 24.6. The molecule has 0 spiro atoms. The predicted octanol–water partition coefficient (Wildman–Crippen LogP) is 11.2. The number of carbonyl (C=O) groups is 3. The molecule has 0 radical (unpaired) electrons. The predicted molar refractivity (Wildman–Crippen MR) is 262 cm³/mol. The molecule has 6 atom stereocenters. The summed E-state index contributed by atoms with van der Waals surface area (Å²) in [6.45, 7) is 26.8. The van der Waals surface area contributed by atoms with E-state index in [1.807, 2.05) is 13.0 Å². The fraction of sp³-hybridized carbons (Fsp3) is 0.582. The minimum Gasteiger partial charge on any atom is -0.468 e. The van der Waals surface area contributed by atoms with Crippen LogP contribution in [-0.2, 0) is 25.5 Å². The quantitative estimate of drug-likeness (QED) is 0.0623. The van der Waals surface area contributed by atoms with Crippen molar-refractivity contribution in [3.05, 3.63) is 84.8 Å². The van der Waals surface area contributed by atoms with Gasteiger partial charge in [-0.3, -0.25) is 14.4 Å². The molecule has 0 aromatic carbocycles. The molecule has 4 N–H and O–H groups in total. The maximum Gasteiger partial charge on any atom is 0.321 e. The van der Waals surface area contributed by atoms with Gasteiger partial charge < -0.3 is 29.7 Å². The van der Waals surface area contributed by atoms with Gasteiger partial charge in [0, 0.05) is 74.1 Å². The van der Waals surface area contributed by atoms with Gasteiger partial charge >= 0.3 is 11.9 Å². The summed E-state index contributed by atoms with van der Waals surface area (Å²) < 4.78 is 11.2. The van der Waals surface area contributed by atoms with Crippen molar-refractivity contribution >= 4 is 47.6 Å². The first-order chi connectivity index (χ1) is 30.6. The van der Waals surface area contributed by atoms with E-state index in [2.05, 4.69) is 107 Å². The van der Waals surface area contributed by atoms with Crippen molar-refractivity contribution in [2.75, 3.05) is 13.7 Å². The molecular formula is C55H78N4O5. The van der Waals surface area contributed by atoms with Gasteiger partial charge in [-0.2, -0.15) is 0 Å². The second kappa shape index (κ2) is 21.5. The molecule has 1 aliphatic carbocycles. The molecule has 3 aliphatic rings. The van der Waals surface area contributed by atoms with Gasteiger partial charge in [-0.15, -0.1) is 0 Å². The minimum atomic E-state index is -1.13. The van der Waals surface area contributed by atoms with E-state index >= 15 is 0 Å². The number of ketones is 1. The fourth-order valence-corrected chi connectivity index (χ4v) is 10.7. The van der Waals surface area contributed by atoms with Crippen LogP contribution in [0.2, 0.25) is 0 Å². The molecule has 0 saturated carbocycles. The van der Waals surface area contributed by atoms with Crippen molar-refractivity contribution in [2.24, 2.45) is 41.4 Å². The molecule has 9 nitrogen and oxygen atoms in total. The van der Waals surface area contributed by atoms with Gasteiger partial charge in [0.25, 0.3) is 0 Å². The highest BCUT2D eigenvalue weighted by Crippen LogP contribution is 2.48. The third kappa shape index (κ3) is 10.7. The van der Waals surface area contributed by atoms with Crippen LogP contribution in [0.25, 0.3) is 29.9 Å². The van der Waals surface area contributed by atoms with Crippen molar-refractivity contribution in [3.63, 3.8) is 0 Å². The van der Waals surface area contributed by atoms with Gasteiger partial charge in [0.05, 0.1) is 19.4 Å². The van der Waals surface area contributed by atoms with Gasteiger partial charge in [0.15, 0.2) is 5.78 Å². The van der Waals surface area contributed by atoms with E-state index in [0.29, 0.717) is 35.8 Å². The molecule has 0 amide bonds. The van der Waals surface area contributed by atoms with Crippen LogP contribution in [0.3, 0.4) is 0 Å². The number of hydrogen-bond acceptors (Lipinski definition) is 6. The van der Waals surface area contributed by atoms with E-state index in [1.54, 1.807) is 0 Å². The Kier molecular flexibility index (Phi) is 16.3. The van der Waals surface area contributed by atoms with Crippen LogP contribution in [-0.4, -0.2) is 46.4 Å². The molecule has 1 fully saturated rings. The van der Waals surface area contributed by atoms with E-state index in [4.69, 9.17) is 9.47 Å². The van der Waals surface area contributed by atoms with Crippen LogP contribution < -0.4 is 16.0 Å². The standard InChI is InChI=1S/C55H78N4O5/c1-13-39-35(8)42-28-44-37(10)41(24-25-48(60)64-27-26-34(7)23-17-22-33(6)21-16-20-32(5)19-15-18-31(3)4)52(58-44)50-51(55(62)63-12)54(61)49-38(11)45(59-53(49)50)30-47-40(14-2)36(9)43(57-47)29-46(39)56-42/h13,28-34,37,41,51,56-59H,1,14-27H2,2-12H3/b43-29-,44-28-,47-30-,52-50-/t32-,33-,34+,37+,41+,51-/m1/s1. The molecule has 5 heterocycles. The number of ether oxygens (including phenoxy) is 2. The van der Waals surface area contributed by atoms with Crippen LogP contribution in [0.5, 0.6) is 0 Å². The molecular weight excluding hydrogens is 797 g/mol. The van der Waals surface area contributed by atoms with Crippen LogP contribution in [0.4, 0.5) is 0 Å². The number of fused-ring (bicyclic) bond motifs is 7. The first kappa shape index (κ1) is 48.7. The minimum absolute atomic E-state index is 0.0757. The topological polar surface area (TPSA) is 129 Å². The van der Waals surface area contributed by atoms with Gasteiger partial charge in [-0.05, 0) is 104 Å². The van der Waals surface area contributed by atoms with Gasteiger partial charge in [-0.1, -0.05) is 119 Å². The number of aromatic nitrogens is 3. The molecule has 6 rings (SSSR count). The molecule has 9 heteroatoms. The number of H-pyrrole nitrogens is 3. The average molecular weight is 875 g/mol. The van der Waals surface area contributed by atoms with Crippen molar-refractivity contribution in [1.82, 2.24) is 20.3 Å². The molecule has 1 saturated heterocycles. The normalized spacial score (nSPS) is 22.2. The van der Waals surface area contributed by atoms with Crippen LogP contribution in [0.15, 0.2) is 18.0 Å². The Morgan fingerprint density at radius 3 is 2.00 bits per heavy atom. The summed E-state index contributed by atoms with van der Waals surface area (Å²) in [6.07, 6.45) is 22.3. The maximum absolute atomic E-state index is 14.4. The lowest BCUT2D eigenvalue weighted by Gasteiger charge is -2.20. The molecule has 8 bridgehead atoms. The molecule has 348 valence electrons. The summed E-state index contributed by atoms with van der Waals surface area (Å²) in [7, 11) is 1.33. The SMILES string of the molecule is C=Cc1c2[nH]c(c1C)/C=C1\N/C(=C3\c4[nH]c(c(C)c4C(=O)[C@@H]3C(=O)OC)/C=c3\[nH]/c(c(C)c3CC)=C\2)[C@@H](CCC(=O)OCC[C@@H](C)CCC[C@H](C)CCC[C@H](C)CCCC(C)C)[C@@H]1C. The Morgan fingerprint density at radius 1 is 0.781 bits per heavy atom. The molecule has 64 heavy (non-hydrogen) atoms. The molecule has 3 aromatic heterocycles.